The first-order valence-corrected chi connectivity index (χ1v) is 5.64. The van der Waals surface area contributed by atoms with E-state index in [1.165, 1.54) is 0 Å². The van der Waals surface area contributed by atoms with E-state index in [9.17, 15) is 4.79 Å². The molecule has 0 spiro atoms. The monoisotopic (exact) mass is 249 g/mol. The highest BCUT2D eigenvalue weighted by Crippen LogP contribution is 2.09. The van der Waals surface area contributed by atoms with Crippen LogP contribution in [-0.2, 0) is 17.8 Å². The summed E-state index contributed by atoms with van der Waals surface area (Å²) in [6.07, 6.45) is 3.55. The first-order chi connectivity index (χ1) is 8.24. The number of rotatable bonds is 4. The van der Waals surface area contributed by atoms with Crippen molar-refractivity contribution < 1.29 is 9.21 Å². The zero-order valence-electron chi connectivity index (χ0n) is 9.15. The second-order valence-electron chi connectivity index (χ2n) is 3.71. The molecule has 0 aliphatic heterocycles. The maximum atomic E-state index is 11.6. The van der Waals surface area contributed by atoms with Crippen LogP contribution in [0.1, 0.15) is 11.1 Å². The maximum Gasteiger partial charge on any atom is 0.224 e. The first kappa shape index (κ1) is 11.7. The van der Waals surface area contributed by atoms with Gasteiger partial charge in [-0.1, -0.05) is 23.7 Å². The maximum absolute atomic E-state index is 11.6. The molecule has 2 aromatic rings. The summed E-state index contributed by atoms with van der Waals surface area (Å²) in [6, 6.07) is 9.07. The molecule has 88 valence electrons. The van der Waals surface area contributed by atoms with Gasteiger partial charge < -0.3 is 9.73 Å². The Morgan fingerprint density at radius 3 is 2.59 bits per heavy atom. The van der Waals surface area contributed by atoms with Gasteiger partial charge in [0.1, 0.15) is 0 Å². The second-order valence-corrected chi connectivity index (χ2v) is 4.15. The summed E-state index contributed by atoms with van der Waals surface area (Å²) in [5.74, 6) is -0.0199. The van der Waals surface area contributed by atoms with Crippen LogP contribution in [0.25, 0.3) is 0 Å². The smallest absolute Gasteiger partial charge is 0.224 e. The van der Waals surface area contributed by atoms with Crippen LogP contribution in [-0.4, -0.2) is 5.91 Å². The van der Waals surface area contributed by atoms with Crippen LogP contribution >= 0.6 is 11.6 Å². The molecule has 0 fully saturated rings. The van der Waals surface area contributed by atoms with Gasteiger partial charge in [-0.05, 0) is 23.8 Å². The van der Waals surface area contributed by atoms with Gasteiger partial charge in [-0.25, -0.2) is 0 Å². The minimum absolute atomic E-state index is 0.0199. The van der Waals surface area contributed by atoms with Gasteiger partial charge in [0, 0.05) is 17.1 Å². The van der Waals surface area contributed by atoms with Crippen LogP contribution < -0.4 is 5.32 Å². The lowest BCUT2D eigenvalue weighted by atomic mass is 10.1. The zero-order valence-corrected chi connectivity index (χ0v) is 9.91. The predicted octanol–water partition coefficient (Wildman–Crippen LogP) is 2.79. The third kappa shape index (κ3) is 3.64. The van der Waals surface area contributed by atoms with E-state index >= 15 is 0 Å². The van der Waals surface area contributed by atoms with Crippen molar-refractivity contribution in [3.8, 4) is 0 Å². The summed E-state index contributed by atoms with van der Waals surface area (Å²) in [6.45, 7) is 0.489. The Labute approximate surface area is 104 Å². The molecule has 0 atom stereocenters. The molecule has 1 aromatic heterocycles. The topological polar surface area (TPSA) is 42.2 Å². The summed E-state index contributed by atoms with van der Waals surface area (Å²) in [7, 11) is 0. The lowest BCUT2D eigenvalue weighted by Gasteiger charge is -2.03. The van der Waals surface area contributed by atoms with E-state index in [1.807, 2.05) is 18.2 Å². The molecule has 2 rings (SSSR count). The van der Waals surface area contributed by atoms with Crippen LogP contribution in [0, 0.1) is 0 Å². The minimum Gasteiger partial charge on any atom is -0.472 e. The van der Waals surface area contributed by atoms with Gasteiger partial charge in [0.05, 0.1) is 18.9 Å². The molecule has 0 unspecified atom stereocenters. The SMILES string of the molecule is O=C(Cc1ccc(Cl)cc1)NCc1ccoc1. The quantitative estimate of drug-likeness (QED) is 0.905. The zero-order chi connectivity index (χ0) is 12.1. The normalized spacial score (nSPS) is 10.2. The Morgan fingerprint density at radius 1 is 1.18 bits per heavy atom. The van der Waals surface area contributed by atoms with Gasteiger partial charge in [-0.15, -0.1) is 0 Å². The lowest BCUT2D eigenvalue weighted by Crippen LogP contribution is -2.24. The van der Waals surface area contributed by atoms with Crippen LogP contribution in [0.3, 0.4) is 0 Å². The molecule has 0 saturated carbocycles. The Balaban J connectivity index is 1.83. The molecule has 1 N–H and O–H groups in total. The second kappa shape index (κ2) is 5.55. The van der Waals surface area contributed by atoms with E-state index in [0.717, 1.165) is 11.1 Å². The van der Waals surface area contributed by atoms with Crippen molar-refractivity contribution in [3.05, 3.63) is 59.0 Å². The number of carbonyl (C=O) groups is 1. The molecule has 4 heteroatoms. The number of hydrogen-bond acceptors (Lipinski definition) is 2. The summed E-state index contributed by atoms with van der Waals surface area (Å²) in [5, 5.41) is 3.49. The van der Waals surface area contributed by atoms with Crippen LogP contribution in [0.2, 0.25) is 5.02 Å². The molecular formula is C13H12ClNO2. The fraction of sp³-hybridized carbons (Fsp3) is 0.154. The Hall–Kier alpha value is -1.74. The average Bonchev–Trinajstić information content (AvgIpc) is 2.83. The van der Waals surface area contributed by atoms with Crippen molar-refractivity contribution in [1.82, 2.24) is 5.32 Å². The highest BCUT2D eigenvalue weighted by molar-refractivity contribution is 6.30. The number of amides is 1. The molecule has 17 heavy (non-hydrogen) atoms. The number of furan rings is 1. The number of carbonyl (C=O) groups excluding carboxylic acids is 1. The number of halogens is 1. The predicted molar refractivity (Wildman–Crippen MR) is 65.7 cm³/mol. The molecule has 1 heterocycles. The summed E-state index contributed by atoms with van der Waals surface area (Å²) in [5.41, 5.74) is 1.90. The summed E-state index contributed by atoms with van der Waals surface area (Å²) >= 11 is 5.77. The van der Waals surface area contributed by atoms with E-state index in [2.05, 4.69) is 5.32 Å². The number of hydrogen-bond donors (Lipinski definition) is 1. The Bertz CT molecular complexity index is 477. The minimum atomic E-state index is -0.0199. The largest absolute Gasteiger partial charge is 0.472 e. The van der Waals surface area contributed by atoms with E-state index < -0.39 is 0 Å². The Kier molecular flexibility index (Phi) is 3.83. The van der Waals surface area contributed by atoms with Gasteiger partial charge in [0.25, 0.3) is 0 Å². The highest BCUT2D eigenvalue weighted by Gasteiger charge is 2.03. The lowest BCUT2D eigenvalue weighted by molar-refractivity contribution is -0.120. The van der Waals surface area contributed by atoms with Crippen molar-refractivity contribution >= 4 is 17.5 Å². The molecule has 0 aliphatic rings. The van der Waals surface area contributed by atoms with Gasteiger partial charge in [-0.3, -0.25) is 4.79 Å². The molecule has 0 bridgehead atoms. The molecule has 1 amide bonds. The average molecular weight is 250 g/mol. The van der Waals surface area contributed by atoms with Crippen LogP contribution in [0.4, 0.5) is 0 Å². The summed E-state index contributed by atoms with van der Waals surface area (Å²) in [4.78, 5) is 11.6. The fourth-order valence-corrected chi connectivity index (χ4v) is 1.57. The molecule has 1 aromatic carbocycles. The molecule has 0 saturated heterocycles. The van der Waals surface area contributed by atoms with Crippen molar-refractivity contribution in [3.63, 3.8) is 0 Å². The van der Waals surface area contributed by atoms with E-state index in [1.54, 1.807) is 24.7 Å². The number of benzene rings is 1. The first-order valence-electron chi connectivity index (χ1n) is 5.26. The third-order valence-corrected chi connectivity index (χ3v) is 2.60. The van der Waals surface area contributed by atoms with Gasteiger partial charge in [0.2, 0.25) is 5.91 Å². The van der Waals surface area contributed by atoms with E-state index in [0.29, 0.717) is 18.0 Å². The number of nitrogens with one attached hydrogen (secondary N) is 1. The molecule has 0 aliphatic carbocycles. The third-order valence-electron chi connectivity index (χ3n) is 2.35. The van der Waals surface area contributed by atoms with Gasteiger partial charge >= 0.3 is 0 Å². The van der Waals surface area contributed by atoms with Crippen LogP contribution in [0.5, 0.6) is 0 Å². The van der Waals surface area contributed by atoms with Gasteiger partial charge in [0.15, 0.2) is 0 Å². The van der Waals surface area contributed by atoms with E-state index in [4.69, 9.17) is 16.0 Å². The van der Waals surface area contributed by atoms with Crippen molar-refractivity contribution in [2.75, 3.05) is 0 Å². The Morgan fingerprint density at radius 2 is 1.94 bits per heavy atom. The van der Waals surface area contributed by atoms with E-state index in [-0.39, 0.29) is 5.91 Å². The molecule has 0 radical (unpaired) electrons. The molecule has 3 nitrogen and oxygen atoms in total. The fourth-order valence-electron chi connectivity index (χ4n) is 1.44. The van der Waals surface area contributed by atoms with Crippen molar-refractivity contribution in [2.45, 2.75) is 13.0 Å². The van der Waals surface area contributed by atoms with Crippen LogP contribution in [0.15, 0.2) is 47.3 Å². The van der Waals surface area contributed by atoms with Gasteiger partial charge in [-0.2, -0.15) is 0 Å². The molecular weight excluding hydrogens is 238 g/mol. The van der Waals surface area contributed by atoms with Crippen molar-refractivity contribution in [1.29, 1.82) is 0 Å². The highest BCUT2D eigenvalue weighted by atomic mass is 35.5. The summed E-state index contributed by atoms with van der Waals surface area (Å²) < 4.78 is 4.91. The standard InChI is InChI=1S/C13H12ClNO2/c14-12-3-1-10(2-4-12)7-13(16)15-8-11-5-6-17-9-11/h1-6,9H,7-8H2,(H,15,16). The van der Waals surface area contributed by atoms with Crippen molar-refractivity contribution in [2.24, 2.45) is 0 Å².